The van der Waals surface area contributed by atoms with Crippen LogP contribution in [-0.2, 0) is 16.4 Å². The highest BCUT2D eigenvalue weighted by molar-refractivity contribution is 7.91. The van der Waals surface area contributed by atoms with E-state index < -0.39 is 15.7 Å². The Bertz CT molecular complexity index is 813. The Morgan fingerprint density at radius 2 is 1.85 bits per heavy atom. The van der Waals surface area contributed by atoms with E-state index >= 15 is 0 Å². The second-order valence-electron chi connectivity index (χ2n) is 4.54. The van der Waals surface area contributed by atoms with Gasteiger partial charge in [-0.15, -0.1) is 0 Å². The maximum absolute atomic E-state index is 12.7. The molecule has 0 radical (unpaired) electrons. The Labute approximate surface area is 116 Å². The van der Waals surface area contributed by atoms with Gasteiger partial charge >= 0.3 is 0 Å². The minimum atomic E-state index is -3.66. The summed E-state index contributed by atoms with van der Waals surface area (Å²) in [6.07, 6.45) is 0. The van der Waals surface area contributed by atoms with Gasteiger partial charge in [-0.05, 0) is 29.8 Å². The van der Waals surface area contributed by atoms with E-state index in [9.17, 15) is 13.2 Å². The summed E-state index contributed by atoms with van der Waals surface area (Å²) in [6.45, 7) is 0.380. The molecule has 2 aromatic rings. The first kappa shape index (κ1) is 12.7. The molecule has 102 valence electrons. The Balaban J connectivity index is 2.30. The first-order chi connectivity index (χ1) is 9.50. The zero-order chi connectivity index (χ0) is 14.3. The van der Waals surface area contributed by atoms with Gasteiger partial charge in [-0.3, -0.25) is 4.79 Å². The molecule has 0 saturated carbocycles. The molecule has 0 aromatic heterocycles. The summed E-state index contributed by atoms with van der Waals surface area (Å²) >= 11 is 0. The molecule has 2 aromatic carbocycles. The molecule has 3 rings (SSSR count). The standard InChI is InChI=1S/C14H12N2O3S/c15-14(17)9-5-6-10-8-16-11-3-1-2-4-12(11)20(18,19)13(10)7-9/h1-7,16H,8H2,(H2,15,17). The predicted molar refractivity (Wildman–Crippen MR) is 74.2 cm³/mol. The van der Waals surface area contributed by atoms with Crippen LogP contribution in [0.3, 0.4) is 0 Å². The van der Waals surface area contributed by atoms with Crippen molar-refractivity contribution in [2.24, 2.45) is 5.73 Å². The van der Waals surface area contributed by atoms with Crippen molar-refractivity contribution in [2.45, 2.75) is 16.3 Å². The predicted octanol–water partition coefficient (Wildman–Crippen LogP) is 1.54. The van der Waals surface area contributed by atoms with Gasteiger partial charge < -0.3 is 11.1 Å². The number of amides is 1. The van der Waals surface area contributed by atoms with Crippen LogP contribution in [0, 0.1) is 0 Å². The highest BCUT2D eigenvalue weighted by Gasteiger charge is 2.27. The van der Waals surface area contributed by atoms with E-state index in [-0.39, 0.29) is 15.4 Å². The van der Waals surface area contributed by atoms with Gasteiger partial charge in [-0.1, -0.05) is 18.2 Å². The number of anilines is 1. The van der Waals surface area contributed by atoms with Crippen molar-refractivity contribution >= 4 is 21.4 Å². The maximum Gasteiger partial charge on any atom is 0.248 e. The van der Waals surface area contributed by atoms with Crippen LogP contribution in [0.1, 0.15) is 15.9 Å². The van der Waals surface area contributed by atoms with Crippen molar-refractivity contribution in [1.82, 2.24) is 0 Å². The second kappa shape index (κ2) is 4.35. The highest BCUT2D eigenvalue weighted by atomic mass is 32.2. The van der Waals surface area contributed by atoms with Gasteiger partial charge in [-0.2, -0.15) is 0 Å². The van der Waals surface area contributed by atoms with Gasteiger partial charge in [0.2, 0.25) is 15.7 Å². The lowest BCUT2D eigenvalue weighted by atomic mass is 10.1. The van der Waals surface area contributed by atoms with Crippen molar-refractivity contribution in [3.05, 3.63) is 53.6 Å². The normalized spacial score (nSPS) is 15.4. The number of hydrogen-bond donors (Lipinski definition) is 2. The molecule has 0 saturated heterocycles. The molecule has 0 bridgehead atoms. The number of primary amides is 1. The van der Waals surface area contributed by atoms with E-state index in [1.807, 2.05) is 0 Å². The smallest absolute Gasteiger partial charge is 0.248 e. The molecule has 1 heterocycles. The average molecular weight is 288 g/mol. The van der Waals surface area contributed by atoms with Crippen LogP contribution in [0.15, 0.2) is 52.3 Å². The third-order valence-electron chi connectivity index (χ3n) is 3.29. The summed E-state index contributed by atoms with van der Waals surface area (Å²) in [5, 5.41) is 3.09. The molecule has 0 spiro atoms. The fourth-order valence-corrected chi connectivity index (χ4v) is 3.95. The SMILES string of the molecule is NC(=O)c1ccc2c(c1)S(=O)(=O)c1ccccc1NC2. The first-order valence-corrected chi connectivity index (χ1v) is 7.49. The van der Waals surface area contributed by atoms with Gasteiger partial charge in [0.1, 0.15) is 0 Å². The van der Waals surface area contributed by atoms with Crippen LogP contribution < -0.4 is 11.1 Å². The lowest BCUT2D eigenvalue weighted by molar-refractivity contribution is 0.1000. The molecular formula is C14H12N2O3S. The number of carbonyl (C=O) groups is 1. The molecule has 5 nitrogen and oxygen atoms in total. The molecular weight excluding hydrogens is 276 g/mol. The molecule has 0 unspecified atom stereocenters. The van der Waals surface area contributed by atoms with E-state index in [1.54, 1.807) is 30.3 Å². The minimum absolute atomic E-state index is 0.131. The van der Waals surface area contributed by atoms with Crippen LogP contribution in [-0.4, -0.2) is 14.3 Å². The van der Waals surface area contributed by atoms with Crippen molar-refractivity contribution in [3.63, 3.8) is 0 Å². The fourth-order valence-electron chi connectivity index (χ4n) is 2.26. The largest absolute Gasteiger partial charge is 0.380 e. The third kappa shape index (κ3) is 1.85. The monoisotopic (exact) mass is 288 g/mol. The molecule has 1 aliphatic rings. The topological polar surface area (TPSA) is 89.3 Å². The summed E-state index contributed by atoms with van der Waals surface area (Å²) in [4.78, 5) is 11.6. The third-order valence-corrected chi connectivity index (χ3v) is 5.18. The van der Waals surface area contributed by atoms with E-state index in [0.717, 1.165) is 0 Å². The number of nitrogens with two attached hydrogens (primary N) is 1. The number of fused-ring (bicyclic) bond motifs is 2. The van der Waals surface area contributed by atoms with Crippen LogP contribution in [0.5, 0.6) is 0 Å². The van der Waals surface area contributed by atoms with Crippen molar-refractivity contribution in [2.75, 3.05) is 5.32 Å². The Kier molecular flexibility index (Phi) is 2.76. The van der Waals surface area contributed by atoms with E-state index in [0.29, 0.717) is 17.8 Å². The molecule has 6 heteroatoms. The maximum atomic E-state index is 12.7. The van der Waals surface area contributed by atoms with Crippen LogP contribution >= 0.6 is 0 Å². The summed E-state index contributed by atoms with van der Waals surface area (Å²) < 4.78 is 25.4. The minimum Gasteiger partial charge on any atom is -0.380 e. The second-order valence-corrected chi connectivity index (χ2v) is 6.43. The zero-order valence-corrected chi connectivity index (χ0v) is 11.3. The van der Waals surface area contributed by atoms with E-state index in [4.69, 9.17) is 5.73 Å². The average Bonchev–Trinajstić information content (AvgIpc) is 2.55. The van der Waals surface area contributed by atoms with Crippen molar-refractivity contribution in [3.8, 4) is 0 Å². The highest BCUT2D eigenvalue weighted by Crippen LogP contribution is 2.33. The van der Waals surface area contributed by atoms with Crippen LogP contribution in [0.25, 0.3) is 0 Å². The number of para-hydroxylation sites is 1. The fraction of sp³-hybridized carbons (Fsp3) is 0.0714. The van der Waals surface area contributed by atoms with Crippen LogP contribution in [0.4, 0.5) is 5.69 Å². The molecule has 3 N–H and O–H groups in total. The van der Waals surface area contributed by atoms with E-state index in [2.05, 4.69) is 5.32 Å². The zero-order valence-electron chi connectivity index (χ0n) is 10.5. The number of benzene rings is 2. The quantitative estimate of drug-likeness (QED) is 0.833. The summed E-state index contributed by atoms with van der Waals surface area (Å²) in [6, 6.07) is 11.2. The number of nitrogens with one attached hydrogen (secondary N) is 1. The summed E-state index contributed by atoms with van der Waals surface area (Å²) in [5.74, 6) is -0.645. The molecule has 0 fully saturated rings. The van der Waals surface area contributed by atoms with Gasteiger partial charge in [0.05, 0.1) is 15.5 Å². The Hall–Kier alpha value is -2.34. The number of hydrogen-bond acceptors (Lipinski definition) is 4. The number of rotatable bonds is 1. The van der Waals surface area contributed by atoms with Gasteiger partial charge in [0.15, 0.2) is 0 Å². The van der Waals surface area contributed by atoms with Crippen molar-refractivity contribution in [1.29, 1.82) is 0 Å². The van der Waals surface area contributed by atoms with Crippen LogP contribution in [0.2, 0.25) is 0 Å². The van der Waals surface area contributed by atoms with Gasteiger partial charge in [-0.25, -0.2) is 8.42 Å². The lowest BCUT2D eigenvalue weighted by Crippen LogP contribution is -2.13. The molecule has 1 amide bonds. The summed E-state index contributed by atoms with van der Waals surface area (Å²) in [5.41, 5.74) is 6.58. The van der Waals surface area contributed by atoms with Gasteiger partial charge in [0, 0.05) is 12.1 Å². The Morgan fingerprint density at radius 3 is 2.60 bits per heavy atom. The Morgan fingerprint density at radius 1 is 1.10 bits per heavy atom. The number of sulfone groups is 1. The summed E-state index contributed by atoms with van der Waals surface area (Å²) in [7, 11) is -3.66. The van der Waals surface area contributed by atoms with Crippen molar-refractivity contribution < 1.29 is 13.2 Å². The van der Waals surface area contributed by atoms with E-state index in [1.165, 1.54) is 12.1 Å². The molecule has 1 aliphatic heterocycles. The molecule has 20 heavy (non-hydrogen) atoms. The lowest BCUT2D eigenvalue weighted by Gasteiger charge is -2.08. The molecule has 0 atom stereocenters. The van der Waals surface area contributed by atoms with Gasteiger partial charge in [0.25, 0.3) is 0 Å². The number of carbonyl (C=O) groups excluding carboxylic acids is 1. The molecule has 0 aliphatic carbocycles. The first-order valence-electron chi connectivity index (χ1n) is 6.01.